The second kappa shape index (κ2) is 8.98. The summed E-state index contributed by atoms with van der Waals surface area (Å²) in [6.45, 7) is 4.43. The summed E-state index contributed by atoms with van der Waals surface area (Å²) in [7, 11) is 0. The third-order valence-electron chi connectivity index (χ3n) is 2.70. The number of unbranched alkanes of at least 4 members (excludes halogenated alkanes) is 1. The molecule has 0 fully saturated rings. The molecular formula is C12H23NO4. The lowest BCUT2D eigenvalue weighted by atomic mass is 10.0. The zero-order valence-corrected chi connectivity index (χ0v) is 10.6. The van der Waals surface area contributed by atoms with Gasteiger partial charge in [0, 0.05) is 6.42 Å². The van der Waals surface area contributed by atoms with Crippen molar-refractivity contribution in [2.24, 2.45) is 5.92 Å². The van der Waals surface area contributed by atoms with Gasteiger partial charge in [0.1, 0.15) is 6.04 Å². The van der Waals surface area contributed by atoms with Crippen LogP contribution in [-0.4, -0.2) is 34.7 Å². The minimum absolute atomic E-state index is 0.0700. The summed E-state index contributed by atoms with van der Waals surface area (Å²) in [5, 5.41) is 20.5. The second-order valence-corrected chi connectivity index (χ2v) is 4.48. The summed E-state index contributed by atoms with van der Waals surface area (Å²) < 4.78 is 0. The summed E-state index contributed by atoms with van der Waals surface area (Å²) in [4.78, 5) is 21.3. The number of carboxylic acids is 2. The summed E-state index contributed by atoms with van der Waals surface area (Å²) in [6.07, 6.45) is 3.30. The van der Waals surface area contributed by atoms with Gasteiger partial charge in [-0.05, 0) is 25.3 Å². The fourth-order valence-electron chi connectivity index (χ4n) is 1.63. The van der Waals surface area contributed by atoms with Crippen molar-refractivity contribution in [2.75, 3.05) is 6.54 Å². The maximum atomic E-state index is 10.9. The smallest absolute Gasteiger partial charge is 0.320 e. The Balaban J connectivity index is 3.81. The van der Waals surface area contributed by atoms with Crippen LogP contribution in [0.15, 0.2) is 0 Å². The molecule has 0 aromatic heterocycles. The molecule has 2 atom stereocenters. The summed E-state index contributed by atoms with van der Waals surface area (Å²) in [6, 6.07) is -0.507. The predicted molar refractivity (Wildman–Crippen MR) is 65.0 cm³/mol. The van der Waals surface area contributed by atoms with Crippen LogP contribution < -0.4 is 5.32 Å². The average Bonchev–Trinajstić information content (AvgIpc) is 2.21. The topological polar surface area (TPSA) is 86.6 Å². The van der Waals surface area contributed by atoms with Crippen molar-refractivity contribution >= 4 is 11.9 Å². The van der Waals surface area contributed by atoms with E-state index in [1.165, 1.54) is 0 Å². The molecule has 0 bridgehead atoms. The lowest BCUT2D eigenvalue weighted by molar-refractivity contribution is -0.140. The van der Waals surface area contributed by atoms with E-state index in [0.717, 1.165) is 12.8 Å². The van der Waals surface area contributed by atoms with Crippen LogP contribution >= 0.6 is 0 Å². The summed E-state index contributed by atoms with van der Waals surface area (Å²) in [5.41, 5.74) is 0. The quantitative estimate of drug-likeness (QED) is 0.545. The van der Waals surface area contributed by atoms with Gasteiger partial charge in [0.25, 0.3) is 0 Å². The number of aliphatic carboxylic acids is 2. The Bertz CT molecular complexity index is 243. The highest BCUT2D eigenvalue weighted by Crippen LogP contribution is 2.07. The van der Waals surface area contributed by atoms with Crippen molar-refractivity contribution in [2.45, 2.75) is 52.0 Å². The number of hydrogen-bond donors (Lipinski definition) is 3. The van der Waals surface area contributed by atoms with E-state index in [4.69, 9.17) is 10.2 Å². The van der Waals surface area contributed by atoms with Gasteiger partial charge in [-0.1, -0.05) is 26.7 Å². The zero-order chi connectivity index (χ0) is 13.3. The highest BCUT2D eigenvalue weighted by atomic mass is 16.4. The molecule has 2 unspecified atom stereocenters. The number of carboxylic acid groups (broad SMARTS) is 2. The molecule has 100 valence electrons. The van der Waals surface area contributed by atoms with Gasteiger partial charge in [-0.2, -0.15) is 0 Å². The van der Waals surface area contributed by atoms with E-state index in [0.29, 0.717) is 19.4 Å². The molecule has 0 aromatic rings. The highest BCUT2D eigenvalue weighted by molar-refractivity contribution is 5.73. The first-order valence-electron chi connectivity index (χ1n) is 6.15. The van der Waals surface area contributed by atoms with Gasteiger partial charge in [0.05, 0.1) is 0 Å². The monoisotopic (exact) mass is 245 g/mol. The standard InChI is InChI=1S/C12H23NO4/c1-3-4-5-10(12(16)17)13-7-6-9(2)8-11(14)15/h9-10,13H,3-8H2,1-2H3,(H,14,15)(H,16,17). The van der Waals surface area contributed by atoms with Crippen LogP contribution in [0.4, 0.5) is 0 Å². The Morgan fingerprint density at radius 3 is 2.35 bits per heavy atom. The third kappa shape index (κ3) is 8.68. The van der Waals surface area contributed by atoms with Gasteiger partial charge in [0.2, 0.25) is 0 Å². The fraction of sp³-hybridized carbons (Fsp3) is 0.833. The zero-order valence-electron chi connectivity index (χ0n) is 10.6. The second-order valence-electron chi connectivity index (χ2n) is 4.48. The Labute approximate surface area is 102 Å². The number of hydrogen-bond acceptors (Lipinski definition) is 3. The molecule has 0 heterocycles. The molecule has 3 N–H and O–H groups in total. The van der Waals surface area contributed by atoms with Gasteiger partial charge >= 0.3 is 11.9 Å². The van der Waals surface area contributed by atoms with Crippen LogP contribution in [0, 0.1) is 5.92 Å². The van der Waals surface area contributed by atoms with Gasteiger partial charge in [-0.3, -0.25) is 9.59 Å². The van der Waals surface area contributed by atoms with E-state index < -0.39 is 18.0 Å². The highest BCUT2D eigenvalue weighted by Gasteiger charge is 2.16. The molecular weight excluding hydrogens is 222 g/mol. The predicted octanol–water partition coefficient (Wildman–Crippen LogP) is 1.72. The molecule has 0 aromatic carbocycles. The first-order valence-corrected chi connectivity index (χ1v) is 6.15. The van der Waals surface area contributed by atoms with Crippen LogP contribution in [0.1, 0.15) is 46.0 Å². The largest absolute Gasteiger partial charge is 0.481 e. The first kappa shape index (κ1) is 15.9. The Morgan fingerprint density at radius 1 is 1.24 bits per heavy atom. The van der Waals surface area contributed by atoms with Gasteiger partial charge < -0.3 is 15.5 Å². The fourth-order valence-corrected chi connectivity index (χ4v) is 1.63. The van der Waals surface area contributed by atoms with Crippen molar-refractivity contribution in [1.82, 2.24) is 5.32 Å². The van der Waals surface area contributed by atoms with Crippen LogP contribution in [0.3, 0.4) is 0 Å². The molecule has 0 rings (SSSR count). The van der Waals surface area contributed by atoms with E-state index in [-0.39, 0.29) is 12.3 Å². The van der Waals surface area contributed by atoms with Crippen LogP contribution in [0.5, 0.6) is 0 Å². The van der Waals surface area contributed by atoms with Crippen molar-refractivity contribution in [3.8, 4) is 0 Å². The van der Waals surface area contributed by atoms with Crippen molar-refractivity contribution in [1.29, 1.82) is 0 Å². The Kier molecular flexibility index (Phi) is 8.40. The van der Waals surface area contributed by atoms with Gasteiger partial charge in [-0.25, -0.2) is 0 Å². The molecule has 0 radical (unpaired) electrons. The maximum Gasteiger partial charge on any atom is 0.320 e. The lowest BCUT2D eigenvalue weighted by Gasteiger charge is -2.15. The first-order chi connectivity index (χ1) is 7.97. The van der Waals surface area contributed by atoms with E-state index in [1.807, 2.05) is 13.8 Å². The number of carbonyl (C=O) groups is 2. The third-order valence-corrected chi connectivity index (χ3v) is 2.70. The van der Waals surface area contributed by atoms with Gasteiger partial charge in [0.15, 0.2) is 0 Å². The maximum absolute atomic E-state index is 10.9. The van der Waals surface area contributed by atoms with E-state index >= 15 is 0 Å². The van der Waals surface area contributed by atoms with Crippen LogP contribution in [0.2, 0.25) is 0 Å². The number of rotatable bonds is 10. The van der Waals surface area contributed by atoms with Crippen molar-refractivity contribution < 1.29 is 19.8 Å². The molecule has 0 saturated carbocycles. The Hall–Kier alpha value is -1.10. The van der Waals surface area contributed by atoms with E-state index in [2.05, 4.69) is 5.32 Å². The molecule has 5 heteroatoms. The van der Waals surface area contributed by atoms with E-state index in [9.17, 15) is 9.59 Å². The van der Waals surface area contributed by atoms with Gasteiger partial charge in [-0.15, -0.1) is 0 Å². The minimum atomic E-state index is -0.829. The van der Waals surface area contributed by atoms with E-state index in [1.54, 1.807) is 0 Å². The van der Waals surface area contributed by atoms with Crippen molar-refractivity contribution in [3.05, 3.63) is 0 Å². The summed E-state index contributed by atoms with van der Waals surface area (Å²) in [5.74, 6) is -1.57. The minimum Gasteiger partial charge on any atom is -0.481 e. The molecule has 0 spiro atoms. The normalized spacial score (nSPS) is 14.2. The van der Waals surface area contributed by atoms with Crippen molar-refractivity contribution in [3.63, 3.8) is 0 Å². The molecule has 0 amide bonds. The Morgan fingerprint density at radius 2 is 1.88 bits per heavy atom. The number of nitrogens with one attached hydrogen (secondary N) is 1. The molecule has 0 saturated heterocycles. The SMILES string of the molecule is CCCCC(NCCC(C)CC(=O)O)C(=O)O. The van der Waals surface area contributed by atoms with Crippen LogP contribution in [-0.2, 0) is 9.59 Å². The summed E-state index contributed by atoms with van der Waals surface area (Å²) >= 11 is 0. The average molecular weight is 245 g/mol. The molecule has 5 nitrogen and oxygen atoms in total. The lowest BCUT2D eigenvalue weighted by Crippen LogP contribution is -2.37. The molecule has 17 heavy (non-hydrogen) atoms. The molecule has 0 aliphatic carbocycles. The molecule has 0 aliphatic rings. The molecule has 0 aliphatic heterocycles. The van der Waals surface area contributed by atoms with Crippen LogP contribution in [0.25, 0.3) is 0 Å².